The predicted octanol–water partition coefficient (Wildman–Crippen LogP) is 5.24. The van der Waals surface area contributed by atoms with Crippen molar-refractivity contribution in [2.75, 3.05) is 6.54 Å². The molecule has 33 heavy (non-hydrogen) atoms. The highest BCUT2D eigenvalue weighted by Crippen LogP contribution is 2.17. The second-order valence-corrected chi connectivity index (χ2v) is 10.5. The predicted molar refractivity (Wildman–Crippen MR) is 133 cm³/mol. The van der Waals surface area contributed by atoms with Gasteiger partial charge < -0.3 is 19.2 Å². The van der Waals surface area contributed by atoms with Crippen molar-refractivity contribution in [3.63, 3.8) is 0 Å². The number of rotatable bonds is 6. The first kappa shape index (κ1) is 28.8. The first-order valence-electron chi connectivity index (χ1n) is 10.6. The van der Waals surface area contributed by atoms with Crippen LogP contribution >= 0.6 is 24.2 Å². The van der Waals surface area contributed by atoms with Gasteiger partial charge in [0.1, 0.15) is 22.8 Å². The van der Waals surface area contributed by atoms with E-state index in [4.69, 9.17) is 25.5 Å². The maximum absolute atomic E-state index is 12.9. The van der Waals surface area contributed by atoms with Gasteiger partial charge in [-0.2, -0.15) is 12.6 Å². The van der Waals surface area contributed by atoms with Crippen molar-refractivity contribution < 1.29 is 23.5 Å². The normalized spacial score (nSPS) is 15.0. The molecule has 0 fully saturated rings. The van der Waals surface area contributed by atoms with E-state index in [0.29, 0.717) is 5.76 Å². The Morgan fingerprint density at radius 3 is 2.27 bits per heavy atom. The van der Waals surface area contributed by atoms with Gasteiger partial charge in [0.2, 0.25) is 5.29 Å². The molecule has 2 unspecified atom stereocenters. The molecule has 0 saturated carbocycles. The number of carbonyl (C=O) groups excluding carboxylic acids is 2. The minimum absolute atomic E-state index is 0.0750. The smallest absolute Gasteiger partial charge is 0.416 e. The molecule has 1 aromatic rings. The molecule has 1 heterocycles. The van der Waals surface area contributed by atoms with Crippen LogP contribution in [0.4, 0.5) is 9.59 Å². The van der Waals surface area contributed by atoms with E-state index in [0.717, 1.165) is 0 Å². The molecule has 0 radical (unpaired) electrons. The highest BCUT2D eigenvalue weighted by molar-refractivity contribution is 7.81. The fourth-order valence-corrected chi connectivity index (χ4v) is 2.84. The lowest BCUT2D eigenvalue weighted by atomic mass is 10.2. The first-order valence-corrected chi connectivity index (χ1v) is 11.5. The van der Waals surface area contributed by atoms with Crippen LogP contribution in [0.1, 0.15) is 61.2 Å². The van der Waals surface area contributed by atoms with Gasteiger partial charge in [-0.1, -0.05) is 0 Å². The zero-order valence-corrected chi connectivity index (χ0v) is 22.2. The Morgan fingerprint density at radius 1 is 1.18 bits per heavy atom. The van der Waals surface area contributed by atoms with Gasteiger partial charge >= 0.3 is 12.2 Å². The number of nitrogens with one attached hydrogen (secondary N) is 1. The molecule has 0 saturated heterocycles. The van der Waals surface area contributed by atoms with Crippen molar-refractivity contribution >= 4 is 47.5 Å². The van der Waals surface area contributed by atoms with Crippen molar-refractivity contribution in [2.24, 2.45) is 9.98 Å². The van der Waals surface area contributed by atoms with Crippen LogP contribution in [0.3, 0.4) is 0 Å². The third kappa shape index (κ3) is 12.0. The summed E-state index contributed by atoms with van der Waals surface area (Å²) in [5.74, 6) is 0.774. The molecular weight excluding hydrogens is 468 g/mol. The lowest BCUT2D eigenvalue weighted by Gasteiger charge is -2.28. The quantitative estimate of drug-likeness (QED) is 0.239. The number of amides is 2. The molecule has 2 atom stereocenters. The summed E-state index contributed by atoms with van der Waals surface area (Å²) >= 11 is 10.7. The Hall–Kier alpha value is -2.20. The van der Waals surface area contributed by atoms with Crippen molar-refractivity contribution in [2.45, 2.75) is 84.4 Å². The maximum Gasteiger partial charge on any atom is 0.416 e. The van der Waals surface area contributed by atoms with Crippen molar-refractivity contribution in [3.05, 3.63) is 24.2 Å². The Balaban J connectivity index is 3.06. The topological polar surface area (TPSA) is 106 Å². The third-order valence-electron chi connectivity index (χ3n) is 3.63. The summed E-state index contributed by atoms with van der Waals surface area (Å²) in [4.78, 5) is 34.7. The second-order valence-electron chi connectivity index (χ2n) is 9.42. The minimum Gasteiger partial charge on any atom is -0.467 e. The molecule has 0 aliphatic rings. The number of aliphatic imine (C=N–C) groups is 2. The number of amidine groups is 2. The average Bonchev–Trinajstić information content (AvgIpc) is 3.13. The molecule has 1 N–H and O–H groups in total. The molecule has 0 aliphatic heterocycles. The number of thiol groups is 1. The Bertz CT molecular complexity index is 842. The van der Waals surface area contributed by atoms with E-state index >= 15 is 0 Å². The molecule has 0 spiro atoms. The zero-order chi connectivity index (χ0) is 25.4. The number of halogens is 1. The van der Waals surface area contributed by atoms with Crippen LogP contribution in [0, 0.1) is 0 Å². The molecule has 11 heteroatoms. The summed E-state index contributed by atoms with van der Waals surface area (Å²) in [6.45, 7) is 14.4. The Labute approximate surface area is 206 Å². The maximum atomic E-state index is 12.9. The average molecular weight is 503 g/mol. The second kappa shape index (κ2) is 12.3. The first-order chi connectivity index (χ1) is 15.1. The van der Waals surface area contributed by atoms with Crippen molar-refractivity contribution in [1.82, 2.24) is 10.2 Å². The molecule has 2 amide bonds. The van der Waals surface area contributed by atoms with Crippen LogP contribution in [-0.4, -0.2) is 57.3 Å². The minimum atomic E-state index is -0.719. The van der Waals surface area contributed by atoms with Gasteiger partial charge in [-0.05, 0) is 79.1 Å². The van der Waals surface area contributed by atoms with E-state index in [-0.39, 0.29) is 24.2 Å². The highest BCUT2D eigenvalue weighted by atomic mass is 35.5. The number of ether oxygens (including phenoxy) is 2. The molecule has 0 bridgehead atoms. The highest BCUT2D eigenvalue weighted by Gasteiger charge is 2.29. The summed E-state index contributed by atoms with van der Waals surface area (Å²) in [6.07, 6.45) is 0.336. The lowest BCUT2D eigenvalue weighted by Crippen LogP contribution is -2.43. The molecule has 1 rings (SSSR count). The van der Waals surface area contributed by atoms with Gasteiger partial charge in [-0.15, -0.1) is 0 Å². The van der Waals surface area contributed by atoms with E-state index in [1.54, 1.807) is 67.5 Å². The molecule has 186 valence electrons. The molecular formula is C22H35ClN4O5S. The fraction of sp³-hybridized carbons (Fsp3) is 0.636. The summed E-state index contributed by atoms with van der Waals surface area (Å²) in [5.41, 5.74) is -1.32. The number of hydrogen-bond acceptors (Lipinski definition) is 7. The zero-order valence-electron chi connectivity index (χ0n) is 20.5. The van der Waals surface area contributed by atoms with Crippen LogP contribution in [0.15, 0.2) is 32.8 Å². The fourth-order valence-electron chi connectivity index (χ4n) is 2.39. The van der Waals surface area contributed by atoms with E-state index in [9.17, 15) is 9.59 Å². The number of furan rings is 1. The Kier molecular flexibility index (Phi) is 10.8. The van der Waals surface area contributed by atoms with Gasteiger partial charge in [0.25, 0.3) is 0 Å². The van der Waals surface area contributed by atoms with Crippen LogP contribution < -0.4 is 5.32 Å². The van der Waals surface area contributed by atoms with E-state index in [2.05, 4.69) is 27.9 Å². The van der Waals surface area contributed by atoms with Gasteiger partial charge in [0.05, 0.1) is 24.1 Å². The summed E-state index contributed by atoms with van der Waals surface area (Å²) < 4.78 is 16.1. The summed E-state index contributed by atoms with van der Waals surface area (Å²) in [5, 5.41) is 2.05. The Morgan fingerprint density at radius 2 is 1.79 bits per heavy atom. The van der Waals surface area contributed by atoms with Crippen LogP contribution in [-0.2, 0) is 16.0 Å². The molecule has 1 aromatic heterocycles. The van der Waals surface area contributed by atoms with Crippen LogP contribution in [0.5, 0.6) is 0 Å². The SMILES string of the molecule is CC(CNC(=O)OC(C)(C)C)N=C(Cl)N=C(C(C)S)N(Cc1ccco1)C(=O)OC(C)(C)C. The third-order valence-corrected chi connectivity index (χ3v) is 4.05. The van der Waals surface area contributed by atoms with Gasteiger partial charge in [0.15, 0.2) is 0 Å². The van der Waals surface area contributed by atoms with E-state index in [1.807, 2.05) is 0 Å². The van der Waals surface area contributed by atoms with Crippen LogP contribution in [0.2, 0.25) is 0 Å². The lowest BCUT2D eigenvalue weighted by molar-refractivity contribution is 0.0348. The molecule has 0 aromatic carbocycles. The van der Waals surface area contributed by atoms with Crippen molar-refractivity contribution in [1.29, 1.82) is 0 Å². The number of hydrogen-bond donors (Lipinski definition) is 2. The summed E-state index contributed by atoms with van der Waals surface area (Å²) in [7, 11) is 0. The van der Waals surface area contributed by atoms with Gasteiger partial charge in [-0.3, -0.25) is 9.89 Å². The number of carbonyl (C=O) groups is 2. The largest absolute Gasteiger partial charge is 0.467 e. The number of alkyl carbamates (subject to hydrolysis) is 1. The summed E-state index contributed by atoms with van der Waals surface area (Å²) in [6, 6.07) is 3.06. The van der Waals surface area contributed by atoms with Gasteiger partial charge in [-0.25, -0.2) is 14.6 Å². The standard InChI is InChI=1S/C22H35ClN4O5S/c1-14(12-24-19(28)31-21(3,4)5)25-18(23)26-17(15(2)33)27(13-16-10-9-11-30-16)20(29)32-22(6,7)8/h9-11,14-15,33H,12-13H2,1-8H3,(H,24,28). The number of nitrogens with zero attached hydrogens (tertiary/aromatic N) is 3. The van der Waals surface area contributed by atoms with Gasteiger partial charge in [0, 0.05) is 6.54 Å². The van der Waals surface area contributed by atoms with E-state index in [1.165, 1.54) is 11.2 Å². The van der Waals surface area contributed by atoms with E-state index < -0.39 is 34.7 Å². The monoisotopic (exact) mass is 502 g/mol. The molecule has 0 aliphatic carbocycles. The van der Waals surface area contributed by atoms with Crippen molar-refractivity contribution in [3.8, 4) is 0 Å². The molecule has 9 nitrogen and oxygen atoms in total. The van der Waals surface area contributed by atoms with Crippen LogP contribution in [0.25, 0.3) is 0 Å².